The Labute approximate surface area is 84.1 Å². The molecule has 0 saturated heterocycles. The third kappa shape index (κ3) is 2.48. The molecule has 0 radical (unpaired) electrons. The van der Waals surface area contributed by atoms with Gasteiger partial charge in [-0.3, -0.25) is 0 Å². The fourth-order valence-electron chi connectivity index (χ4n) is 1.32. The van der Waals surface area contributed by atoms with Crippen molar-refractivity contribution in [2.45, 2.75) is 19.4 Å². The number of nitrogens with two attached hydrogens (primary N) is 1. The Bertz CT molecular complexity index is 355. The summed E-state index contributed by atoms with van der Waals surface area (Å²) >= 11 is 0. The molecule has 0 aliphatic carbocycles. The van der Waals surface area contributed by atoms with Gasteiger partial charge in [0.1, 0.15) is 5.75 Å². The molecule has 1 aromatic rings. The molecule has 0 saturated carbocycles. The van der Waals surface area contributed by atoms with Crippen LogP contribution >= 0.6 is 0 Å². The van der Waals surface area contributed by atoms with Crippen molar-refractivity contribution >= 4 is 0 Å². The molecular formula is C11H14N2O. The molecule has 0 aliphatic rings. The zero-order valence-corrected chi connectivity index (χ0v) is 8.45. The Morgan fingerprint density at radius 3 is 2.79 bits per heavy atom. The molecule has 3 nitrogen and oxygen atoms in total. The van der Waals surface area contributed by atoms with Crippen LogP contribution < -0.4 is 10.5 Å². The Balaban J connectivity index is 2.97. The molecule has 1 atom stereocenters. The van der Waals surface area contributed by atoms with Crippen molar-refractivity contribution in [1.82, 2.24) is 0 Å². The number of methoxy groups -OCH3 is 1. The smallest absolute Gasteiger partial charge is 0.119 e. The summed E-state index contributed by atoms with van der Waals surface area (Å²) in [5, 5.41) is 8.53. The van der Waals surface area contributed by atoms with Crippen molar-refractivity contribution in [2.24, 2.45) is 5.73 Å². The molecule has 1 rings (SSSR count). The van der Waals surface area contributed by atoms with Gasteiger partial charge in [-0.1, -0.05) is 6.07 Å². The molecule has 0 bridgehead atoms. The number of hydrogen-bond donors (Lipinski definition) is 1. The van der Waals surface area contributed by atoms with E-state index in [9.17, 15) is 0 Å². The van der Waals surface area contributed by atoms with Crippen molar-refractivity contribution in [3.63, 3.8) is 0 Å². The number of ether oxygens (including phenoxy) is 1. The van der Waals surface area contributed by atoms with E-state index >= 15 is 0 Å². The second kappa shape index (κ2) is 4.64. The van der Waals surface area contributed by atoms with Gasteiger partial charge in [-0.25, -0.2) is 0 Å². The summed E-state index contributed by atoms with van der Waals surface area (Å²) < 4.78 is 5.13. The van der Waals surface area contributed by atoms with Crippen LogP contribution in [0.1, 0.15) is 23.6 Å². The maximum absolute atomic E-state index is 8.53. The molecule has 0 amide bonds. The van der Waals surface area contributed by atoms with Gasteiger partial charge in [0.2, 0.25) is 0 Å². The van der Waals surface area contributed by atoms with Gasteiger partial charge in [0.15, 0.2) is 0 Å². The molecule has 74 valence electrons. The minimum Gasteiger partial charge on any atom is -0.497 e. The van der Waals surface area contributed by atoms with E-state index < -0.39 is 0 Å². The van der Waals surface area contributed by atoms with E-state index in [-0.39, 0.29) is 6.04 Å². The highest BCUT2D eigenvalue weighted by molar-refractivity contribution is 5.35. The molecule has 0 fully saturated rings. The van der Waals surface area contributed by atoms with E-state index in [2.05, 4.69) is 6.07 Å². The largest absolute Gasteiger partial charge is 0.497 e. The Morgan fingerprint density at radius 1 is 1.50 bits per heavy atom. The first kappa shape index (κ1) is 10.6. The molecule has 0 aromatic heterocycles. The lowest BCUT2D eigenvalue weighted by molar-refractivity contribution is 0.413. The zero-order chi connectivity index (χ0) is 10.6. The first-order valence-corrected chi connectivity index (χ1v) is 4.45. The number of hydrogen-bond acceptors (Lipinski definition) is 3. The number of nitriles is 1. The van der Waals surface area contributed by atoms with Crippen LogP contribution in [0.5, 0.6) is 5.75 Å². The van der Waals surface area contributed by atoms with Crippen molar-refractivity contribution in [3.8, 4) is 11.8 Å². The lowest BCUT2D eigenvalue weighted by Crippen LogP contribution is -2.09. The first-order chi connectivity index (χ1) is 6.67. The lowest BCUT2D eigenvalue weighted by Gasteiger charge is -2.10. The first-order valence-electron chi connectivity index (χ1n) is 4.45. The highest BCUT2D eigenvalue weighted by Gasteiger charge is 2.07. The fraction of sp³-hybridized carbons (Fsp3) is 0.364. The second-order valence-electron chi connectivity index (χ2n) is 3.25. The maximum Gasteiger partial charge on any atom is 0.119 e. The SMILES string of the molecule is COc1cc(C)cc(C(N)CC#N)c1. The van der Waals surface area contributed by atoms with Gasteiger partial charge in [0, 0.05) is 6.04 Å². The van der Waals surface area contributed by atoms with Crippen molar-refractivity contribution in [3.05, 3.63) is 29.3 Å². The van der Waals surface area contributed by atoms with Gasteiger partial charge in [-0.2, -0.15) is 5.26 Å². The average molecular weight is 190 g/mol. The summed E-state index contributed by atoms with van der Waals surface area (Å²) in [5.74, 6) is 0.786. The lowest BCUT2D eigenvalue weighted by atomic mass is 10.0. The third-order valence-electron chi connectivity index (χ3n) is 2.05. The van der Waals surface area contributed by atoms with Crippen molar-refractivity contribution < 1.29 is 4.74 Å². The van der Waals surface area contributed by atoms with E-state index in [0.717, 1.165) is 16.9 Å². The summed E-state index contributed by atoms with van der Waals surface area (Å²) in [4.78, 5) is 0. The van der Waals surface area contributed by atoms with E-state index in [4.69, 9.17) is 15.7 Å². The van der Waals surface area contributed by atoms with Gasteiger partial charge in [-0.05, 0) is 30.2 Å². The molecule has 2 N–H and O–H groups in total. The van der Waals surface area contributed by atoms with Gasteiger partial charge in [0.25, 0.3) is 0 Å². The maximum atomic E-state index is 8.53. The number of benzene rings is 1. The van der Waals surface area contributed by atoms with Crippen LogP contribution in [-0.2, 0) is 0 Å². The normalized spacial score (nSPS) is 11.9. The Kier molecular flexibility index (Phi) is 3.49. The van der Waals surface area contributed by atoms with Crippen LogP contribution in [0.3, 0.4) is 0 Å². The Hall–Kier alpha value is -1.53. The Morgan fingerprint density at radius 2 is 2.21 bits per heavy atom. The number of aryl methyl sites for hydroxylation is 1. The average Bonchev–Trinajstić information content (AvgIpc) is 2.17. The highest BCUT2D eigenvalue weighted by atomic mass is 16.5. The minimum atomic E-state index is -0.228. The molecule has 0 heterocycles. The van der Waals surface area contributed by atoms with Gasteiger partial charge >= 0.3 is 0 Å². The molecule has 3 heteroatoms. The van der Waals surface area contributed by atoms with E-state index in [1.54, 1.807) is 7.11 Å². The van der Waals surface area contributed by atoms with Crippen LogP contribution in [0.15, 0.2) is 18.2 Å². The zero-order valence-electron chi connectivity index (χ0n) is 8.45. The summed E-state index contributed by atoms with van der Waals surface area (Å²) in [6, 6.07) is 7.61. The van der Waals surface area contributed by atoms with E-state index in [1.165, 1.54) is 0 Å². The highest BCUT2D eigenvalue weighted by Crippen LogP contribution is 2.21. The monoisotopic (exact) mass is 190 g/mol. The topological polar surface area (TPSA) is 59.0 Å². The molecule has 1 aromatic carbocycles. The molecular weight excluding hydrogens is 176 g/mol. The number of nitrogens with zero attached hydrogens (tertiary/aromatic N) is 1. The number of rotatable bonds is 3. The van der Waals surface area contributed by atoms with Crippen LogP contribution in [0.2, 0.25) is 0 Å². The van der Waals surface area contributed by atoms with E-state index in [0.29, 0.717) is 6.42 Å². The summed E-state index contributed by atoms with van der Waals surface area (Å²) in [6.45, 7) is 1.98. The van der Waals surface area contributed by atoms with Gasteiger partial charge in [-0.15, -0.1) is 0 Å². The van der Waals surface area contributed by atoms with Crippen molar-refractivity contribution in [2.75, 3.05) is 7.11 Å². The molecule has 0 aliphatic heterocycles. The molecule has 0 spiro atoms. The van der Waals surface area contributed by atoms with Gasteiger partial charge in [0.05, 0.1) is 19.6 Å². The van der Waals surface area contributed by atoms with Crippen LogP contribution in [0.4, 0.5) is 0 Å². The van der Waals surface area contributed by atoms with Crippen LogP contribution in [-0.4, -0.2) is 7.11 Å². The second-order valence-corrected chi connectivity index (χ2v) is 3.25. The molecule has 1 unspecified atom stereocenters. The van der Waals surface area contributed by atoms with E-state index in [1.807, 2.05) is 25.1 Å². The fourth-order valence-corrected chi connectivity index (χ4v) is 1.32. The molecule has 14 heavy (non-hydrogen) atoms. The summed E-state index contributed by atoms with van der Waals surface area (Å²) in [5.41, 5.74) is 7.86. The predicted octanol–water partition coefficient (Wildman–Crippen LogP) is 1.92. The minimum absolute atomic E-state index is 0.228. The quantitative estimate of drug-likeness (QED) is 0.792. The van der Waals surface area contributed by atoms with Gasteiger partial charge < -0.3 is 10.5 Å². The summed E-state index contributed by atoms with van der Waals surface area (Å²) in [6.07, 6.45) is 0.326. The predicted molar refractivity (Wildman–Crippen MR) is 54.9 cm³/mol. The van der Waals surface area contributed by atoms with Crippen LogP contribution in [0, 0.1) is 18.3 Å². The third-order valence-corrected chi connectivity index (χ3v) is 2.05. The van der Waals surface area contributed by atoms with Crippen molar-refractivity contribution in [1.29, 1.82) is 5.26 Å². The summed E-state index contributed by atoms with van der Waals surface area (Å²) in [7, 11) is 1.62. The van der Waals surface area contributed by atoms with Crippen LogP contribution in [0.25, 0.3) is 0 Å². The standard InChI is InChI=1S/C11H14N2O/c1-8-5-9(11(13)3-4-12)7-10(6-8)14-2/h5-7,11H,3,13H2,1-2H3.